The van der Waals surface area contributed by atoms with E-state index in [0.717, 1.165) is 25.9 Å². The van der Waals surface area contributed by atoms with Gasteiger partial charge in [-0.1, -0.05) is 42.4 Å². The van der Waals surface area contributed by atoms with Crippen LogP contribution in [0.2, 0.25) is 5.02 Å². The van der Waals surface area contributed by atoms with Gasteiger partial charge in [-0.05, 0) is 56.0 Å². The molecule has 0 atom stereocenters. The van der Waals surface area contributed by atoms with Gasteiger partial charge in [-0.3, -0.25) is 14.0 Å². The van der Waals surface area contributed by atoms with E-state index in [2.05, 4.69) is 37.3 Å². The van der Waals surface area contributed by atoms with Crippen molar-refractivity contribution in [2.75, 3.05) is 35.6 Å². The molecule has 0 spiro atoms. The molecule has 0 unspecified atom stereocenters. The lowest BCUT2D eigenvalue weighted by Gasteiger charge is -2.38. The molecule has 1 aliphatic rings. The number of carbonyl (C=O) groups excluding carboxylic acids is 1. The van der Waals surface area contributed by atoms with Gasteiger partial charge < -0.3 is 21.7 Å². The highest BCUT2D eigenvalue weighted by atomic mass is 35.5. The molecule has 3 aromatic heterocycles. The minimum Gasteiger partial charge on any atom is -0.381 e. The lowest BCUT2D eigenvalue weighted by Crippen LogP contribution is -2.43. The number of fused-ring (bicyclic) bond motifs is 1. The number of nitrogens with one attached hydrogen (secondary N) is 1. The molecule has 1 fully saturated rings. The van der Waals surface area contributed by atoms with Crippen molar-refractivity contribution in [1.29, 1.82) is 0 Å². The number of nitrogens with two attached hydrogens (primary N) is 2. The van der Waals surface area contributed by atoms with Crippen LogP contribution in [-0.2, 0) is 0 Å². The second-order valence-electron chi connectivity index (χ2n) is 9.78. The van der Waals surface area contributed by atoms with Crippen LogP contribution in [0, 0.1) is 12.3 Å². The van der Waals surface area contributed by atoms with E-state index in [0.29, 0.717) is 39.4 Å². The molecule has 202 valence electrons. The topological polar surface area (TPSA) is 157 Å². The Morgan fingerprint density at radius 2 is 1.92 bits per heavy atom. The van der Waals surface area contributed by atoms with Crippen molar-refractivity contribution in [3.8, 4) is 0 Å². The van der Waals surface area contributed by atoms with E-state index >= 15 is 0 Å². The summed E-state index contributed by atoms with van der Waals surface area (Å²) in [4.78, 5) is 37.6. The van der Waals surface area contributed by atoms with Gasteiger partial charge in [-0.15, -0.1) is 10.2 Å². The van der Waals surface area contributed by atoms with Crippen molar-refractivity contribution >= 4 is 52.4 Å². The number of amides is 1. The predicted molar refractivity (Wildman–Crippen MR) is 153 cm³/mol. The number of hydrogen-bond acceptors (Lipinski definition) is 10. The molecular formula is C26H28ClN9O2S. The number of rotatable bonds is 6. The largest absolute Gasteiger partial charge is 0.381 e. The van der Waals surface area contributed by atoms with Gasteiger partial charge in [-0.2, -0.15) is 4.98 Å². The third kappa shape index (κ3) is 5.40. The van der Waals surface area contributed by atoms with Crippen molar-refractivity contribution in [3.63, 3.8) is 0 Å². The Labute approximate surface area is 234 Å². The van der Waals surface area contributed by atoms with Crippen molar-refractivity contribution in [2.45, 2.75) is 36.6 Å². The zero-order valence-electron chi connectivity index (χ0n) is 21.5. The van der Waals surface area contributed by atoms with Gasteiger partial charge in [0.1, 0.15) is 11.2 Å². The molecule has 1 saturated heterocycles. The molecule has 0 radical (unpaired) electrons. The van der Waals surface area contributed by atoms with Crippen LogP contribution >= 0.6 is 23.4 Å². The summed E-state index contributed by atoms with van der Waals surface area (Å²) in [5.41, 5.74) is 12.9. The minimum atomic E-state index is -0.607. The Kier molecular flexibility index (Phi) is 7.43. The van der Waals surface area contributed by atoms with Crippen molar-refractivity contribution < 1.29 is 4.79 Å². The molecule has 5 N–H and O–H groups in total. The van der Waals surface area contributed by atoms with Gasteiger partial charge >= 0.3 is 0 Å². The van der Waals surface area contributed by atoms with Gasteiger partial charge in [0, 0.05) is 24.2 Å². The van der Waals surface area contributed by atoms with Crippen molar-refractivity contribution in [1.82, 2.24) is 24.6 Å². The first kappa shape index (κ1) is 26.9. The van der Waals surface area contributed by atoms with E-state index in [1.54, 1.807) is 49.5 Å². The van der Waals surface area contributed by atoms with E-state index in [9.17, 15) is 9.59 Å². The molecule has 1 amide bonds. The number of hydrogen-bond donors (Lipinski definition) is 3. The summed E-state index contributed by atoms with van der Waals surface area (Å²) in [6.07, 6.45) is 3.45. The number of piperidine rings is 1. The van der Waals surface area contributed by atoms with Gasteiger partial charge in [0.05, 0.1) is 16.4 Å². The summed E-state index contributed by atoms with van der Waals surface area (Å²) >= 11 is 7.84. The van der Waals surface area contributed by atoms with Crippen LogP contribution in [0.15, 0.2) is 57.3 Å². The molecule has 0 saturated carbocycles. The second kappa shape index (κ2) is 10.8. The molecule has 5 rings (SSSR count). The van der Waals surface area contributed by atoms with Gasteiger partial charge in [0.15, 0.2) is 10.8 Å². The zero-order chi connectivity index (χ0) is 27.7. The van der Waals surface area contributed by atoms with Crippen LogP contribution in [0.4, 0.5) is 17.5 Å². The van der Waals surface area contributed by atoms with E-state index < -0.39 is 11.5 Å². The quantitative estimate of drug-likeness (QED) is 0.316. The molecule has 0 bridgehead atoms. The Bertz CT molecular complexity index is 1620. The third-order valence-corrected chi connectivity index (χ3v) is 8.54. The average Bonchev–Trinajstić information content (AvgIpc) is 2.92. The maximum Gasteiger partial charge on any atom is 0.271 e. The highest BCUT2D eigenvalue weighted by Gasteiger charge is 2.30. The molecule has 4 heterocycles. The molecule has 1 aromatic carbocycles. The Morgan fingerprint density at radius 1 is 1.15 bits per heavy atom. The van der Waals surface area contributed by atoms with Crippen LogP contribution in [0.1, 0.15) is 35.8 Å². The van der Waals surface area contributed by atoms with Gasteiger partial charge in [0.25, 0.3) is 11.5 Å². The van der Waals surface area contributed by atoms with E-state index in [1.807, 2.05) is 0 Å². The lowest BCUT2D eigenvalue weighted by atomic mass is 9.81. The summed E-state index contributed by atoms with van der Waals surface area (Å²) in [5, 5.41) is 12.0. The summed E-state index contributed by atoms with van der Waals surface area (Å²) in [6, 6.07) is 10.3. The van der Waals surface area contributed by atoms with Gasteiger partial charge in [0.2, 0.25) is 5.95 Å². The summed E-state index contributed by atoms with van der Waals surface area (Å²) in [6.45, 7) is 6.02. The van der Waals surface area contributed by atoms with E-state index in [-0.39, 0.29) is 21.8 Å². The predicted octanol–water partition coefficient (Wildman–Crippen LogP) is 3.39. The van der Waals surface area contributed by atoms with Crippen molar-refractivity contribution in [2.24, 2.45) is 11.1 Å². The molecule has 1 aliphatic heterocycles. The zero-order valence-corrected chi connectivity index (χ0v) is 23.1. The molecule has 4 aromatic rings. The fourth-order valence-electron chi connectivity index (χ4n) is 4.41. The number of nitrogens with zero attached hydrogens (tertiary/aromatic N) is 6. The number of nitrogen functional groups attached to an aromatic ring is 1. The highest BCUT2D eigenvalue weighted by molar-refractivity contribution is 7.99. The number of aryl methyl sites for hydroxylation is 1. The highest BCUT2D eigenvalue weighted by Crippen LogP contribution is 2.38. The molecule has 39 heavy (non-hydrogen) atoms. The minimum absolute atomic E-state index is 0.0628. The average molecular weight is 566 g/mol. The fraction of sp³-hybridized carbons (Fsp3) is 0.308. The molecule has 0 aliphatic carbocycles. The number of anilines is 3. The Balaban J connectivity index is 1.34. The first-order chi connectivity index (χ1) is 18.7. The van der Waals surface area contributed by atoms with Gasteiger partial charge in [-0.25, -0.2) is 4.98 Å². The van der Waals surface area contributed by atoms with Crippen LogP contribution in [0.25, 0.3) is 5.65 Å². The summed E-state index contributed by atoms with van der Waals surface area (Å²) in [5.74, 6) is 0.104. The normalized spacial score (nSPS) is 14.9. The number of aromatic nitrogens is 5. The molecular weight excluding hydrogens is 538 g/mol. The van der Waals surface area contributed by atoms with E-state index in [1.165, 1.54) is 16.2 Å². The van der Waals surface area contributed by atoms with Crippen LogP contribution in [-0.4, -0.2) is 50.1 Å². The fourth-order valence-corrected chi connectivity index (χ4v) is 5.49. The number of benzene rings is 1. The molecule has 11 nitrogen and oxygen atoms in total. The smallest absolute Gasteiger partial charge is 0.271 e. The van der Waals surface area contributed by atoms with E-state index in [4.69, 9.17) is 23.1 Å². The summed E-state index contributed by atoms with van der Waals surface area (Å²) < 4.78 is 1.33. The number of halogens is 1. The maximum atomic E-state index is 13.1. The standard InChI is InChI=1S/C26H28ClN9O2S/c1-15-19(24(38)36-11-4-3-8-18(36)30-15)22(37)31-16-6-5-7-17(20(16)27)39-23-21(29)32-25(34-33-23)35-12-9-26(2,14-28)10-13-35/h3-8,11H,9-10,12-14,28H2,1-2H3,(H,31,37)(H2,29,32,34). The van der Waals surface area contributed by atoms with Crippen LogP contribution in [0.3, 0.4) is 0 Å². The first-order valence-corrected chi connectivity index (χ1v) is 13.6. The summed E-state index contributed by atoms with van der Waals surface area (Å²) in [7, 11) is 0. The SMILES string of the molecule is Cc1nc2ccccn2c(=O)c1C(=O)Nc1cccc(Sc2nnc(N3CCC(C)(CN)CC3)nc2N)c1Cl. The van der Waals surface area contributed by atoms with Crippen molar-refractivity contribution in [3.05, 3.63) is 69.2 Å². The second-order valence-corrected chi connectivity index (χ2v) is 11.2. The lowest BCUT2D eigenvalue weighted by molar-refractivity contribution is 0.102. The number of pyridine rings is 1. The number of carbonyl (C=O) groups is 1. The Hall–Kier alpha value is -3.74. The molecule has 13 heteroatoms. The maximum absolute atomic E-state index is 13.1. The Morgan fingerprint density at radius 3 is 2.64 bits per heavy atom. The first-order valence-electron chi connectivity index (χ1n) is 12.4. The van der Waals surface area contributed by atoms with Crippen LogP contribution in [0.5, 0.6) is 0 Å². The van der Waals surface area contributed by atoms with Crippen LogP contribution < -0.4 is 27.2 Å². The monoisotopic (exact) mass is 565 g/mol. The third-order valence-electron chi connectivity index (χ3n) is 6.98.